The molecule has 1 aliphatic rings. The molecule has 1 aromatic rings. The quantitative estimate of drug-likeness (QED) is 0.760. The predicted molar refractivity (Wildman–Crippen MR) is 58.8 cm³/mol. The van der Waals surface area contributed by atoms with Gasteiger partial charge in [-0.2, -0.15) is 24.9 Å². The maximum atomic E-state index is 12.3. The highest BCUT2D eigenvalue weighted by Gasteiger charge is 2.32. The Balaban J connectivity index is 2.12. The zero-order chi connectivity index (χ0) is 11.6. The van der Waals surface area contributed by atoms with Crippen LogP contribution in [0.25, 0.3) is 0 Å². The molecule has 2 heterocycles. The van der Waals surface area contributed by atoms with Crippen LogP contribution in [0.1, 0.15) is 5.69 Å². The van der Waals surface area contributed by atoms with Gasteiger partial charge in [0.2, 0.25) is 0 Å². The first kappa shape index (κ1) is 11.6. The highest BCUT2D eigenvalue weighted by Crippen LogP contribution is 2.28. The van der Waals surface area contributed by atoms with Gasteiger partial charge in [-0.3, -0.25) is 0 Å². The first-order valence-electron chi connectivity index (χ1n) is 4.93. The van der Waals surface area contributed by atoms with Gasteiger partial charge in [0.05, 0.1) is 11.9 Å². The summed E-state index contributed by atoms with van der Waals surface area (Å²) in [5.74, 6) is 2.03. The molecule has 0 aromatic carbocycles. The molecule has 88 valence electrons. The lowest BCUT2D eigenvalue weighted by Gasteiger charge is -2.28. The number of rotatable bonds is 1. The van der Waals surface area contributed by atoms with E-state index in [0.717, 1.165) is 36.3 Å². The van der Waals surface area contributed by atoms with E-state index in [1.54, 1.807) is 0 Å². The van der Waals surface area contributed by atoms with Gasteiger partial charge in [-0.1, -0.05) is 0 Å². The van der Waals surface area contributed by atoms with E-state index in [2.05, 4.69) is 9.88 Å². The number of halogens is 3. The summed E-state index contributed by atoms with van der Waals surface area (Å²) in [6.07, 6.45) is -3.05. The highest BCUT2D eigenvalue weighted by atomic mass is 32.2. The van der Waals surface area contributed by atoms with E-state index in [1.807, 2.05) is 11.8 Å². The number of anilines is 1. The van der Waals surface area contributed by atoms with Crippen LogP contribution in [0.2, 0.25) is 0 Å². The lowest BCUT2D eigenvalue weighted by atomic mass is 10.3. The standard InChI is InChI=1S/C10H11F3N2S/c11-10(12,13)9-2-1-8(7-14-9)15-3-5-16-6-4-15/h1-2,7H,3-6H2. The second-order valence-corrected chi connectivity index (χ2v) is 4.72. The molecule has 1 aromatic heterocycles. The van der Waals surface area contributed by atoms with E-state index in [-0.39, 0.29) is 0 Å². The van der Waals surface area contributed by atoms with Crippen LogP contribution in [0.5, 0.6) is 0 Å². The Morgan fingerprint density at radius 3 is 2.38 bits per heavy atom. The van der Waals surface area contributed by atoms with Gasteiger partial charge in [0.15, 0.2) is 0 Å². The number of thioether (sulfide) groups is 1. The highest BCUT2D eigenvalue weighted by molar-refractivity contribution is 7.99. The van der Waals surface area contributed by atoms with E-state index >= 15 is 0 Å². The van der Waals surface area contributed by atoms with Gasteiger partial charge in [0.25, 0.3) is 0 Å². The van der Waals surface area contributed by atoms with Gasteiger partial charge in [-0.05, 0) is 12.1 Å². The van der Waals surface area contributed by atoms with Crippen molar-refractivity contribution in [3.05, 3.63) is 24.0 Å². The molecule has 0 amide bonds. The number of nitrogens with zero attached hydrogens (tertiary/aromatic N) is 2. The molecule has 0 aliphatic carbocycles. The number of pyridine rings is 1. The van der Waals surface area contributed by atoms with Crippen LogP contribution < -0.4 is 4.90 Å². The van der Waals surface area contributed by atoms with E-state index in [0.29, 0.717) is 0 Å². The minimum absolute atomic E-state index is 0.772. The lowest BCUT2D eigenvalue weighted by molar-refractivity contribution is -0.141. The zero-order valence-corrected chi connectivity index (χ0v) is 9.31. The Labute approximate surface area is 95.8 Å². The Morgan fingerprint density at radius 2 is 1.88 bits per heavy atom. The summed E-state index contributed by atoms with van der Waals surface area (Å²) in [6.45, 7) is 1.75. The van der Waals surface area contributed by atoms with Gasteiger partial charge in [-0.15, -0.1) is 0 Å². The van der Waals surface area contributed by atoms with Crippen molar-refractivity contribution in [1.29, 1.82) is 0 Å². The zero-order valence-electron chi connectivity index (χ0n) is 8.50. The minimum atomic E-state index is -4.35. The van der Waals surface area contributed by atoms with Crippen LogP contribution in [0.15, 0.2) is 18.3 Å². The summed E-state index contributed by atoms with van der Waals surface area (Å²) < 4.78 is 36.8. The maximum Gasteiger partial charge on any atom is 0.433 e. The van der Waals surface area contributed by atoms with E-state index < -0.39 is 11.9 Å². The number of hydrogen-bond acceptors (Lipinski definition) is 3. The molecule has 16 heavy (non-hydrogen) atoms. The second-order valence-electron chi connectivity index (χ2n) is 3.50. The van der Waals surface area contributed by atoms with Crippen molar-refractivity contribution in [2.24, 2.45) is 0 Å². The molecule has 2 rings (SSSR count). The monoisotopic (exact) mass is 248 g/mol. The Bertz CT molecular complexity index is 344. The Kier molecular flexibility index (Phi) is 3.28. The summed E-state index contributed by atoms with van der Waals surface area (Å²) in [4.78, 5) is 5.51. The van der Waals surface area contributed by atoms with Gasteiger partial charge >= 0.3 is 6.18 Å². The maximum absolute atomic E-state index is 12.3. The van der Waals surface area contributed by atoms with Crippen LogP contribution in [-0.2, 0) is 6.18 Å². The van der Waals surface area contributed by atoms with Crippen molar-refractivity contribution in [1.82, 2.24) is 4.98 Å². The topological polar surface area (TPSA) is 16.1 Å². The van der Waals surface area contributed by atoms with Crippen LogP contribution in [0.4, 0.5) is 18.9 Å². The molecule has 1 aliphatic heterocycles. The average Bonchev–Trinajstić information content (AvgIpc) is 2.29. The third-order valence-electron chi connectivity index (χ3n) is 2.41. The third-order valence-corrected chi connectivity index (χ3v) is 3.36. The van der Waals surface area contributed by atoms with Gasteiger partial charge in [0.1, 0.15) is 5.69 Å². The number of aromatic nitrogens is 1. The van der Waals surface area contributed by atoms with Crippen LogP contribution in [-0.4, -0.2) is 29.6 Å². The summed E-state index contributed by atoms with van der Waals surface area (Å²) in [7, 11) is 0. The van der Waals surface area contributed by atoms with Gasteiger partial charge < -0.3 is 4.90 Å². The first-order chi connectivity index (χ1) is 7.57. The molecule has 0 saturated carbocycles. The first-order valence-corrected chi connectivity index (χ1v) is 6.09. The molecule has 0 spiro atoms. The summed E-state index contributed by atoms with van der Waals surface area (Å²) in [5, 5.41) is 0. The van der Waals surface area contributed by atoms with Crippen LogP contribution in [0.3, 0.4) is 0 Å². The van der Waals surface area contributed by atoms with Crippen molar-refractivity contribution in [2.45, 2.75) is 6.18 Å². The van der Waals surface area contributed by atoms with Crippen molar-refractivity contribution >= 4 is 17.4 Å². The van der Waals surface area contributed by atoms with E-state index in [1.165, 1.54) is 12.3 Å². The second kappa shape index (κ2) is 4.53. The largest absolute Gasteiger partial charge is 0.433 e. The fourth-order valence-corrected chi connectivity index (χ4v) is 2.47. The molecule has 1 fully saturated rings. The van der Waals surface area contributed by atoms with Crippen LogP contribution >= 0.6 is 11.8 Å². The minimum Gasteiger partial charge on any atom is -0.369 e. The molecule has 0 radical (unpaired) electrons. The molecule has 6 heteroatoms. The molecule has 1 saturated heterocycles. The fraction of sp³-hybridized carbons (Fsp3) is 0.500. The van der Waals surface area contributed by atoms with Gasteiger partial charge in [0, 0.05) is 24.6 Å². The molecule has 0 bridgehead atoms. The molecular weight excluding hydrogens is 237 g/mol. The normalized spacial score (nSPS) is 17.6. The van der Waals surface area contributed by atoms with Crippen molar-refractivity contribution in [3.63, 3.8) is 0 Å². The molecule has 0 atom stereocenters. The fourth-order valence-electron chi connectivity index (χ4n) is 1.56. The summed E-state index contributed by atoms with van der Waals surface area (Å²) in [6, 6.07) is 2.53. The molecular formula is C10H11F3N2S. The molecule has 2 nitrogen and oxygen atoms in total. The third kappa shape index (κ3) is 2.61. The van der Waals surface area contributed by atoms with Crippen molar-refractivity contribution < 1.29 is 13.2 Å². The SMILES string of the molecule is FC(F)(F)c1ccc(N2CCSCC2)cn1. The lowest BCUT2D eigenvalue weighted by Crippen LogP contribution is -2.32. The predicted octanol–water partition coefficient (Wildman–Crippen LogP) is 2.65. The summed E-state index contributed by atoms with van der Waals surface area (Å²) >= 11 is 1.86. The van der Waals surface area contributed by atoms with Crippen molar-refractivity contribution in [3.8, 4) is 0 Å². The number of alkyl halides is 3. The van der Waals surface area contributed by atoms with Gasteiger partial charge in [-0.25, -0.2) is 4.98 Å². The van der Waals surface area contributed by atoms with E-state index in [9.17, 15) is 13.2 Å². The molecule has 0 unspecified atom stereocenters. The number of hydrogen-bond donors (Lipinski definition) is 0. The van der Waals surface area contributed by atoms with E-state index in [4.69, 9.17) is 0 Å². The summed E-state index contributed by atoms with van der Waals surface area (Å²) in [5.41, 5.74) is -0.0593. The molecule has 0 N–H and O–H groups in total. The average molecular weight is 248 g/mol. The Morgan fingerprint density at radius 1 is 1.19 bits per heavy atom. The Hall–Kier alpha value is -0.910. The smallest absolute Gasteiger partial charge is 0.369 e. The van der Waals surface area contributed by atoms with Crippen molar-refractivity contribution in [2.75, 3.05) is 29.5 Å². The van der Waals surface area contributed by atoms with Crippen LogP contribution in [0, 0.1) is 0 Å².